The molecule has 31 heavy (non-hydrogen) atoms. The van der Waals surface area contributed by atoms with Gasteiger partial charge in [0.1, 0.15) is 5.75 Å². The molecule has 170 valence electrons. The first-order valence-electron chi connectivity index (χ1n) is 12.3. The van der Waals surface area contributed by atoms with E-state index < -0.39 is 0 Å². The van der Waals surface area contributed by atoms with Crippen molar-refractivity contribution in [2.24, 2.45) is 15.9 Å². The summed E-state index contributed by atoms with van der Waals surface area (Å²) in [5, 5.41) is 6.90. The molecule has 6 heteroatoms. The number of benzene rings is 1. The highest BCUT2D eigenvalue weighted by atomic mass is 16.5. The van der Waals surface area contributed by atoms with Crippen molar-refractivity contribution < 1.29 is 4.74 Å². The number of rotatable bonds is 8. The van der Waals surface area contributed by atoms with Gasteiger partial charge in [-0.25, -0.2) is 9.98 Å². The molecule has 1 aromatic carbocycles. The average molecular weight is 426 g/mol. The van der Waals surface area contributed by atoms with E-state index >= 15 is 0 Å². The molecule has 1 aliphatic carbocycles. The molecule has 1 saturated heterocycles. The van der Waals surface area contributed by atoms with Crippen LogP contribution in [0.3, 0.4) is 0 Å². The van der Waals surface area contributed by atoms with Crippen LogP contribution in [0.5, 0.6) is 5.75 Å². The fourth-order valence-electron chi connectivity index (χ4n) is 5.19. The summed E-state index contributed by atoms with van der Waals surface area (Å²) < 4.78 is 5.75. The minimum absolute atomic E-state index is 0.346. The molecule has 4 rings (SSSR count). The number of nitrogens with zero attached hydrogens (tertiary/aromatic N) is 3. The van der Waals surface area contributed by atoms with E-state index in [-0.39, 0.29) is 0 Å². The molecular weight excluding hydrogens is 386 g/mol. The highest BCUT2D eigenvalue weighted by Gasteiger charge is 2.20. The maximum absolute atomic E-state index is 5.75. The molecule has 0 radical (unpaired) electrons. The van der Waals surface area contributed by atoms with Gasteiger partial charge in [-0.2, -0.15) is 0 Å². The summed E-state index contributed by atoms with van der Waals surface area (Å²) in [7, 11) is 1.74. The molecular formula is C25H39N5O. The number of hydrogen-bond donors (Lipinski definition) is 2. The highest BCUT2D eigenvalue weighted by Crippen LogP contribution is 2.35. The summed E-state index contributed by atoms with van der Waals surface area (Å²) in [5.41, 5.74) is 3.57. The molecule has 0 amide bonds. The number of methoxy groups -OCH3 is 1. The van der Waals surface area contributed by atoms with E-state index in [1.54, 1.807) is 7.11 Å². The average Bonchev–Trinajstić information content (AvgIpc) is 3.33. The standard InChI is InChI=1S/C25H39N5O/c1-3-20-17-22(24(31-2)18-23(20)30-15-13-26-14-16-30)29-25-27-12-11-21(28-25)10-6-9-19-7-4-5-8-19/h12,17-19,21,26H,3-11,13-16H2,1-2H3,(H,28,29). The molecule has 0 aromatic heterocycles. The largest absolute Gasteiger partial charge is 0.494 e. The molecule has 2 aliphatic heterocycles. The van der Waals surface area contributed by atoms with Crippen molar-refractivity contribution >= 4 is 23.5 Å². The summed E-state index contributed by atoms with van der Waals surface area (Å²) >= 11 is 0. The van der Waals surface area contributed by atoms with Crippen molar-refractivity contribution in [3.63, 3.8) is 0 Å². The zero-order valence-electron chi connectivity index (χ0n) is 19.3. The molecule has 0 bridgehead atoms. The lowest BCUT2D eigenvalue weighted by Crippen LogP contribution is -2.43. The van der Waals surface area contributed by atoms with Gasteiger partial charge in [0, 0.05) is 50.6 Å². The minimum atomic E-state index is 0.346. The molecule has 6 nitrogen and oxygen atoms in total. The number of piperazine rings is 1. The van der Waals surface area contributed by atoms with E-state index in [1.165, 1.54) is 49.8 Å². The number of hydrogen-bond acceptors (Lipinski definition) is 6. The van der Waals surface area contributed by atoms with Crippen LogP contribution in [0.2, 0.25) is 0 Å². The lowest BCUT2D eigenvalue weighted by atomic mass is 9.98. The SMILES string of the molecule is CCc1cc(NC2=NC(CCCC3CCCC3)CC=N2)c(OC)cc1N1CCNCC1. The second-order valence-electron chi connectivity index (χ2n) is 9.13. The monoisotopic (exact) mass is 425 g/mol. The Morgan fingerprint density at radius 3 is 2.71 bits per heavy atom. The van der Waals surface area contributed by atoms with E-state index in [0.717, 1.165) is 62.8 Å². The van der Waals surface area contributed by atoms with Crippen molar-refractivity contribution in [2.75, 3.05) is 43.5 Å². The van der Waals surface area contributed by atoms with E-state index in [9.17, 15) is 0 Å². The zero-order valence-corrected chi connectivity index (χ0v) is 19.3. The van der Waals surface area contributed by atoms with Crippen molar-refractivity contribution in [1.29, 1.82) is 0 Å². The predicted molar refractivity (Wildman–Crippen MR) is 131 cm³/mol. The highest BCUT2D eigenvalue weighted by molar-refractivity contribution is 6.01. The number of guanidine groups is 1. The van der Waals surface area contributed by atoms with Crippen LogP contribution in [-0.2, 0) is 6.42 Å². The molecule has 0 spiro atoms. The van der Waals surface area contributed by atoms with Crippen LogP contribution in [0, 0.1) is 5.92 Å². The van der Waals surface area contributed by atoms with Crippen molar-refractivity contribution in [2.45, 2.75) is 70.8 Å². The molecule has 1 saturated carbocycles. The number of aliphatic imine (C=N–C) groups is 2. The molecule has 3 aliphatic rings. The van der Waals surface area contributed by atoms with Crippen LogP contribution in [-0.4, -0.2) is 51.5 Å². The van der Waals surface area contributed by atoms with Gasteiger partial charge in [-0.05, 0) is 30.4 Å². The van der Waals surface area contributed by atoms with Crippen LogP contribution in [0.1, 0.15) is 63.9 Å². The van der Waals surface area contributed by atoms with E-state index in [2.05, 4.69) is 39.6 Å². The van der Waals surface area contributed by atoms with Gasteiger partial charge in [0.15, 0.2) is 0 Å². The summed E-state index contributed by atoms with van der Waals surface area (Å²) in [5.74, 6) is 2.53. The predicted octanol–water partition coefficient (Wildman–Crippen LogP) is 4.64. The second kappa shape index (κ2) is 11.0. The Morgan fingerprint density at radius 2 is 1.97 bits per heavy atom. The van der Waals surface area contributed by atoms with E-state index in [1.807, 2.05) is 6.21 Å². The Morgan fingerprint density at radius 1 is 1.16 bits per heavy atom. The summed E-state index contributed by atoms with van der Waals surface area (Å²) in [6.45, 7) is 6.33. The molecule has 2 fully saturated rings. The van der Waals surface area contributed by atoms with Crippen LogP contribution in [0.25, 0.3) is 0 Å². The Kier molecular flexibility index (Phi) is 7.84. The molecule has 1 atom stereocenters. The first kappa shape index (κ1) is 22.1. The summed E-state index contributed by atoms with van der Waals surface area (Å²) in [6.07, 6.45) is 13.5. The third kappa shape index (κ3) is 5.79. The van der Waals surface area contributed by atoms with Crippen molar-refractivity contribution in [3.05, 3.63) is 17.7 Å². The van der Waals surface area contributed by atoms with Crippen LogP contribution < -0.4 is 20.3 Å². The normalized spacial score (nSPS) is 21.9. The van der Waals surface area contributed by atoms with Crippen LogP contribution >= 0.6 is 0 Å². The lowest BCUT2D eigenvalue weighted by Gasteiger charge is -2.32. The third-order valence-electron chi connectivity index (χ3n) is 7.01. The Labute approximate surface area is 187 Å². The van der Waals surface area contributed by atoms with Gasteiger partial charge in [0.25, 0.3) is 0 Å². The maximum atomic E-state index is 5.75. The fourth-order valence-corrected chi connectivity index (χ4v) is 5.19. The lowest BCUT2D eigenvalue weighted by molar-refractivity contribution is 0.416. The van der Waals surface area contributed by atoms with Crippen molar-refractivity contribution in [1.82, 2.24) is 5.32 Å². The van der Waals surface area contributed by atoms with Gasteiger partial charge in [0.05, 0.1) is 18.8 Å². The molecule has 1 unspecified atom stereocenters. The number of ether oxygens (including phenoxy) is 1. The van der Waals surface area contributed by atoms with Gasteiger partial charge < -0.3 is 20.3 Å². The van der Waals surface area contributed by atoms with Crippen molar-refractivity contribution in [3.8, 4) is 5.75 Å². The van der Waals surface area contributed by atoms with E-state index in [4.69, 9.17) is 9.73 Å². The quantitative estimate of drug-likeness (QED) is 0.637. The van der Waals surface area contributed by atoms with Gasteiger partial charge in [-0.1, -0.05) is 45.4 Å². The second-order valence-corrected chi connectivity index (χ2v) is 9.13. The molecule has 2 heterocycles. The Bertz CT molecular complexity index is 778. The smallest absolute Gasteiger partial charge is 0.222 e. The first-order valence-corrected chi connectivity index (χ1v) is 12.3. The van der Waals surface area contributed by atoms with Gasteiger partial charge in [0.2, 0.25) is 5.96 Å². The minimum Gasteiger partial charge on any atom is -0.494 e. The van der Waals surface area contributed by atoms with Gasteiger partial charge in [-0.3, -0.25) is 0 Å². The molecule has 1 aromatic rings. The third-order valence-corrected chi connectivity index (χ3v) is 7.01. The number of nitrogens with one attached hydrogen (secondary N) is 2. The van der Waals surface area contributed by atoms with Gasteiger partial charge >= 0.3 is 0 Å². The first-order chi connectivity index (χ1) is 15.3. The fraction of sp³-hybridized carbons (Fsp3) is 0.680. The zero-order chi connectivity index (χ0) is 21.5. The maximum Gasteiger partial charge on any atom is 0.222 e. The molecule has 2 N–H and O–H groups in total. The van der Waals surface area contributed by atoms with Crippen LogP contribution in [0.15, 0.2) is 22.1 Å². The number of aryl methyl sites for hydroxylation is 1. The van der Waals surface area contributed by atoms with Crippen LogP contribution in [0.4, 0.5) is 11.4 Å². The number of anilines is 2. The summed E-state index contributed by atoms with van der Waals surface area (Å²) in [4.78, 5) is 11.9. The Hall–Kier alpha value is -2.08. The summed E-state index contributed by atoms with van der Waals surface area (Å²) in [6, 6.07) is 4.74. The topological polar surface area (TPSA) is 61.3 Å². The Balaban J connectivity index is 1.43. The van der Waals surface area contributed by atoms with E-state index in [0.29, 0.717) is 12.0 Å². The van der Waals surface area contributed by atoms with Gasteiger partial charge in [-0.15, -0.1) is 0 Å².